The summed E-state index contributed by atoms with van der Waals surface area (Å²) >= 11 is 0. The largest absolute Gasteiger partial charge is 0.388 e. The van der Waals surface area contributed by atoms with Gasteiger partial charge >= 0.3 is 0 Å². The predicted octanol–water partition coefficient (Wildman–Crippen LogP) is 1.92. The molecule has 1 amide bonds. The first-order valence-corrected chi connectivity index (χ1v) is 7.23. The summed E-state index contributed by atoms with van der Waals surface area (Å²) in [5.74, 6) is -0.461. The molecule has 6 heteroatoms. The van der Waals surface area contributed by atoms with Crippen LogP contribution in [0.1, 0.15) is 24.3 Å². The molecule has 1 aromatic carbocycles. The van der Waals surface area contributed by atoms with Crippen molar-refractivity contribution in [2.45, 2.75) is 25.6 Å². The third kappa shape index (κ3) is 3.13. The number of ether oxygens (including phenoxy) is 1. The van der Waals surface area contributed by atoms with Gasteiger partial charge < -0.3 is 19.7 Å². The van der Waals surface area contributed by atoms with Gasteiger partial charge in [-0.1, -0.05) is 0 Å². The van der Waals surface area contributed by atoms with E-state index in [1.807, 2.05) is 0 Å². The van der Waals surface area contributed by atoms with Gasteiger partial charge in [-0.05, 0) is 38.1 Å². The number of aliphatic hydroxyl groups is 1. The molecule has 0 saturated carbocycles. The van der Waals surface area contributed by atoms with Crippen molar-refractivity contribution in [1.82, 2.24) is 9.88 Å². The van der Waals surface area contributed by atoms with Gasteiger partial charge in [0.25, 0.3) is 5.91 Å². The summed E-state index contributed by atoms with van der Waals surface area (Å²) in [6.45, 7) is 4.60. The normalized spacial score (nSPS) is 16.1. The molecule has 0 radical (unpaired) electrons. The molecule has 2 N–H and O–H groups in total. The lowest BCUT2D eigenvalue weighted by molar-refractivity contribution is -0.0943. The number of hydrogen-bond donors (Lipinski definition) is 2. The highest BCUT2D eigenvalue weighted by Gasteiger charge is 2.33. The van der Waals surface area contributed by atoms with E-state index in [9.17, 15) is 14.3 Å². The quantitative estimate of drug-likeness (QED) is 0.907. The van der Waals surface area contributed by atoms with Crippen molar-refractivity contribution in [3.8, 4) is 0 Å². The molecule has 0 bridgehead atoms. The molecule has 0 aliphatic carbocycles. The summed E-state index contributed by atoms with van der Waals surface area (Å²) in [4.78, 5) is 16.9. The van der Waals surface area contributed by atoms with Crippen molar-refractivity contribution >= 4 is 16.8 Å². The Morgan fingerprint density at radius 2 is 2.18 bits per heavy atom. The van der Waals surface area contributed by atoms with Crippen LogP contribution in [0.2, 0.25) is 0 Å². The molecule has 0 atom stereocenters. The van der Waals surface area contributed by atoms with E-state index in [1.165, 1.54) is 12.1 Å². The number of halogens is 1. The first-order chi connectivity index (χ1) is 10.3. The van der Waals surface area contributed by atoms with Gasteiger partial charge in [-0.15, -0.1) is 0 Å². The molecule has 1 saturated heterocycles. The Hall–Kier alpha value is -1.92. The molecule has 118 valence electrons. The minimum absolute atomic E-state index is 0.0443. The lowest BCUT2D eigenvalue weighted by Gasteiger charge is -2.39. The van der Waals surface area contributed by atoms with Crippen LogP contribution in [-0.2, 0) is 4.74 Å². The fourth-order valence-corrected chi connectivity index (χ4v) is 2.42. The van der Waals surface area contributed by atoms with Gasteiger partial charge in [-0.2, -0.15) is 0 Å². The van der Waals surface area contributed by atoms with Crippen LogP contribution in [-0.4, -0.2) is 52.3 Å². The number of nitrogens with zero attached hydrogens (tertiary/aromatic N) is 1. The van der Waals surface area contributed by atoms with Gasteiger partial charge in [-0.25, -0.2) is 4.39 Å². The number of rotatable bonds is 4. The average Bonchev–Trinajstić information content (AvgIpc) is 2.78. The van der Waals surface area contributed by atoms with E-state index in [0.717, 1.165) is 5.39 Å². The first-order valence-electron chi connectivity index (χ1n) is 7.23. The van der Waals surface area contributed by atoms with E-state index < -0.39 is 5.60 Å². The van der Waals surface area contributed by atoms with Crippen LogP contribution in [0.5, 0.6) is 0 Å². The predicted molar refractivity (Wildman–Crippen MR) is 80.2 cm³/mol. The Balaban J connectivity index is 1.60. The second-order valence-electron chi connectivity index (χ2n) is 6.37. The smallest absolute Gasteiger partial charge is 0.270 e. The molecule has 22 heavy (non-hydrogen) atoms. The van der Waals surface area contributed by atoms with E-state index >= 15 is 0 Å². The maximum absolute atomic E-state index is 13.2. The molecule has 2 heterocycles. The molecule has 3 rings (SSSR count). The topological polar surface area (TPSA) is 65.6 Å². The number of carbonyl (C=O) groups excluding carboxylic acids is 1. The summed E-state index contributed by atoms with van der Waals surface area (Å²) in [5.41, 5.74) is 0.186. The second-order valence-corrected chi connectivity index (χ2v) is 6.37. The number of aromatic amines is 1. The van der Waals surface area contributed by atoms with Crippen molar-refractivity contribution in [2.24, 2.45) is 0 Å². The molecule has 1 aliphatic heterocycles. The number of benzene rings is 1. The summed E-state index contributed by atoms with van der Waals surface area (Å²) in [7, 11) is 0. The summed E-state index contributed by atoms with van der Waals surface area (Å²) in [5, 5.41) is 10.4. The molecule has 2 aromatic rings. The maximum atomic E-state index is 13.2. The Morgan fingerprint density at radius 1 is 1.45 bits per heavy atom. The van der Waals surface area contributed by atoms with Crippen molar-refractivity contribution in [3.05, 3.63) is 35.8 Å². The van der Waals surface area contributed by atoms with Gasteiger partial charge in [0.1, 0.15) is 11.5 Å². The number of hydrogen-bond acceptors (Lipinski definition) is 3. The standard InChI is InChI=1S/C16H19FN2O3/c1-16(2,21)9-22-12-7-19(8-12)15(20)14-5-10-3-4-11(17)6-13(10)18-14/h3-6,12,18,21H,7-9H2,1-2H3. The minimum atomic E-state index is -0.869. The summed E-state index contributed by atoms with van der Waals surface area (Å²) in [6, 6.07) is 6.11. The third-order valence-corrected chi connectivity index (χ3v) is 3.62. The van der Waals surface area contributed by atoms with Gasteiger partial charge in [0.05, 0.1) is 18.3 Å². The zero-order chi connectivity index (χ0) is 15.9. The van der Waals surface area contributed by atoms with Crippen LogP contribution in [0, 0.1) is 5.82 Å². The molecule has 1 fully saturated rings. The molecule has 0 spiro atoms. The molecule has 1 aliphatic rings. The number of H-pyrrole nitrogens is 1. The number of carbonyl (C=O) groups is 1. The highest BCUT2D eigenvalue weighted by Crippen LogP contribution is 2.21. The van der Waals surface area contributed by atoms with Crippen LogP contribution in [0.25, 0.3) is 10.9 Å². The lowest BCUT2D eigenvalue weighted by atomic mass is 10.1. The molecular weight excluding hydrogens is 287 g/mol. The zero-order valence-electron chi connectivity index (χ0n) is 12.6. The van der Waals surface area contributed by atoms with Crippen LogP contribution in [0.15, 0.2) is 24.3 Å². The monoisotopic (exact) mass is 306 g/mol. The molecule has 1 aromatic heterocycles. The van der Waals surface area contributed by atoms with Crippen molar-refractivity contribution in [1.29, 1.82) is 0 Å². The van der Waals surface area contributed by atoms with Gasteiger partial charge in [0, 0.05) is 24.0 Å². The highest BCUT2D eigenvalue weighted by atomic mass is 19.1. The maximum Gasteiger partial charge on any atom is 0.270 e. The van der Waals surface area contributed by atoms with Crippen LogP contribution in [0.3, 0.4) is 0 Å². The zero-order valence-corrected chi connectivity index (χ0v) is 12.6. The Labute approximate surface area is 127 Å². The number of likely N-dealkylation sites (tertiary alicyclic amines) is 1. The van der Waals surface area contributed by atoms with E-state index in [0.29, 0.717) is 24.3 Å². The fourth-order valence-electron chi connectivity index (χ4n) is 2.42. The molecular formula is C16H19FN2O3. The van der Waals surface area contributed by atoms with E-state index in [4.69, 9.17) is 4.74 Å². The Kier molecular flexibility index (Phi) is 3.66. The SMILES string of the molecule is CC(C)(O)COC1CN(C(=O)c2cc3ccc(F)cc3[nH]2)C1. The molecule has 0 unspecified atom stereocenters. The van der Waals surface area contributed by atoms with Gasteiger partial charge in [0.2, 0.25) is 0 Å². The second kappa shape index (κ2) is 5.37. The highest BCUT2D eigenvalue weighted by molar-refractivity contribution is 5.98. The van der Waals surface area contributed by atoms with Crippen LogP contribution < -0.4 is 0 Å². The van der Waals surface area contributed by atoms with Crippen molar-refractivity contribution in [2.75, 3.05) is 19.7 Å². The summed E-state index contributed by atoms with van der Waals surface area (Å²) < 4.78 is 18.7. The summed E-state index contributed by atoms with van der Waals surface area (Å²) in [6.07, 6.45) is -0.0443. The van der Waals surface area contributed by atoms with Crippen LogP contribution >= 0.6 is 0 Å². The van der Waals surface area contributed by atoms with Crippen molar-refractivity contribution in [3.63, 3.8) is 0 Å². The minimum Gasteiger partial charge on any atom is -0.388 e. The third-order valence-electron chi connectivity index (χ3n) is 3.62. The number of aromatic nitrogens is 1. The first kappa shape index (κ1) is 15.0. The number of amides is 1. The number of fused-ring (bicyclic) bond motifs is 1. The van der Waals surface area contributed by atoms with E-state index in [1.54, 1.807) is 30.9 Å². The number of nitrogens with one attached hydrogen (secondary N) is 1. The van der Waals surface area contributed by atoms with E-state index in [2.05, 4.69) is 4.98 Å². The van der Waals surface area contributed by atoms with Gasteiger partial charge in [-0.3, -0.25) is 4.79 Å². The van der Waals surface area contributed by atoms with Gasteiger partial charge in [0.15, 0.2) is 0 Å². The fraction of sp³-hybridized carbons (Fsp3) is 0.438. The van der Waals surface area contributed by atoms with E-state index in [-0.39, 0.29) is 24.4 Å². The lowest BCUT2D eigenvalue weighted by Crippen LogP contribution is -2.55. The Morgan fingerprint density at radius 3 is 2.86 bits per heavy atom. The molecule has 5 nitrogen and oxygen atoms in total. The Bertz CT molecular complexity index is 699. The van der Waals surface area contributed by atoms with Crippen molar-refractivity contribution < 1.29 is 19.0 Å². The average molecular weight is 306 g/mol. The van der Waals surface area contributed by atoms with Crippen LogP contribution in [0.4, 0.5) is 4.39 Å².